The summed E-state index contributed by atoms with van der Waals surface area (Å²) in [6.45, 7) is 3.93. The Labute approximate surface area is 132 Å². The summed E-state index contributed by atoms with van der Waals surface area (Å²) >= 11 is 7.50. The van der Waals surface area contributed by atoms with Crippen molar-refractivity contribution in [3.63, 3.8) is 0 Å². The van der Waals surface area contributed by atoms with Crippen molar-refractivity contribution in [3.8, 4) is 0 Å². The molecule has 0 saturated carbocycles. The molecular weight excluding hydrogens is 308 g/mol. The smallest absolute Gasteiger partial charge is 0.265 e. The number of rotatable bonds is 3. The van der Waals surface area contributed by atoms with Crippen molar-refractivity contribution in [2.75, 3.05) is 12.4 Å². The van der Waals surface area contributed by atoms with Gasteiger partial charge in [0, 0.05) is 17.5 Å². The van der Waals surface area contributed by atoms with E-state index >= 15 is 0 Å². The highest BCUT2D eigenvalue weighted by atomic mass is 35.5. The molecule has 21 heavy (non-hydrogen) atoms. The van der Waals surface area contributed by atoms with Crippen molar-refractivity contribution >= 4 is 40.4 Å². The van der Waals surface area contributed by atoms with E-state index in [0.29, 0.717) is 21.2 Å². The molecule has 1 aromatic carbocycles. The molecule has 110 valence electrons. The first-order valence-electron chi connectivity index (χ1n) is 6.32. The van der Waals surface area contributed by atoms with Crippen LogP contribution in [0.25, 0.3) is 0 Å². The molecule has 2 rings (SSSR count). The van der Waals surface area contributed by atoms with Crippen LogP contribution >= 0.6 is 22.9 Å². The molecular formula is C15H15ClN2O2S. The van der Waals surface area contributed by atoms with Crippen molar-refractivity contribution in [2.45, 2.75) is 13.8 Å². The molecule has 0 aliphatic rings. The lowest BCUT2D eigenvalue weighted by molar-refractivity contribution is 0.0961. The fourth-order valence-electron chi connectivity index (χ4n) is 1.78. The SMILES string of the molecule is CNC(=O)c1ccc(Cl)c(NC(=O)c2cc(C)c(C)s2)c1. The number of nitrogens with one attached hydrogen (secondary N) is 2. The Kier molecular flexibility index (Phi) is 4.65. The van der Waals surface area contributed by atoms with Crippen LogP contribution in [0.4, 0.5) is 5.69 Å². The van der Waals surface area contributed by atoms with Crippen LogP contribution in [0.5, 0.6) is 0 Å². The van der Waals surface area contributed by atoms with E-state index in [-0.39, 0.29) is 11.8 Å². The Morgan fingerprint density at radius 1 is 1.14 bits per heavy atom. The summed E-state index contributed by atoms with van der Waals surface area (Å²) < 4.78 is 0. The van der Waals surface area contributed by atoms with Gasteiger partial charge in [-0.1, -0.05) is 11.6 Å². The zero-order valence-corrected chi connectivity index (χ0v) is 13.5. The maximum atomic E-state index is 12.2. The molecule has 0 radical (unpaired) electrons. The number of anilines is 1. The quantitative estimate of drug-likeness (QED) is 0.906. The monoisotopic (exact) mass is 322 g/mol. The molecule has 1 aromatic heterocycles. The average Bonchev–Trinajstić information content (AvgIpc) is 2.80. The van der Waals surface area contributed by atoms with Crippen LogP contribution in [0, 0.1) is 13.8 Å². The molecule has 0 bridgehead atoms. The molecule has 2 aromatic rings. The summed E-state index contributed by atoms with van der Waals surface area (Å²) in [6, 6.07) is 6.60. The Bertz CT molecular complexity index is 690. The Morgan fingerprint density at radius 2 is 1.86 bits per heavy atom. The molecule has 4 nitrogen and oxygen atoms in total. The topological polar surface area (TPSA) is 58.2 Å². The fraction of sp³-hybridized carbons (Fsp3) is 0.200. The second kappa shape index (κ2) is 6.28. The first-order valence-corrected chi connectivity index (χ1v) is 7.52. The maximum Gasteiger partial charge on any atom is 0.265 e. The van der Waals surface area contributed by atoms with E-state index in [1.807, 2.05) is 19.9 Å². The third-order valence-corrected chi connectivity index (χ3v) is 4.57. The normalized spacial score (nSPS) is 10.3. The predicted molar refractivity (Wildman–Crippen MR) is 86.6 cm³/mol. The van der Waals surface area contributed by atoms with Crippen LogP contribution in [0.2, 0.25) is 5.02 Å². The number of benzene rings is 1. The highest BCUT2D eigenvalue weighted by Gasteiger charge is 2.14. The second-order valence-corrected chi connectivity index (χ2v) is 6.24. The fourth-order valence-corrected chi connectivity index (χ4v) is 2.87. The van der Waals surface area contributed by atoms with Gasteiger partial charge in [0.05, 0.1) is 15.6 Å². The molecule has 0 fully saturated rings. The van der Waals surface area contributed by atoms with Crippen LogP contribution in [-0.4, -0.2) is 18.9 Å². The van der Waals surface area contributed by atoms with Gasteiger partial charge >= 0.3 is 0 Å². The van der Waals surface area contributed by atoms with E-state index < -0.39 is 0 Å². The van der Waals surface area contributed by atoms with E-state index in [9.17, 15) is 9.59 Å². The first kappa shape index (κ1) is 15.5. The van der Waals surface area contributed by atoms with Crippen molar-refractivity contribution in [3.05, 3.63) is 50.2 Å². The Hall–Kier alpha value is -1.85. The Balaban J connectivity index is 2.26. The third kappa shape index (κ3) is 3.43. The first-order chi connectivity index (χ1) is 9.92. The van der Waals surface area contributed by atoms with Crippen LogP contribution < -0.4 is 10.6 Å². The van der Waals surface area contributed by atoms with Gasteiger partial charge < -0.3 is 10.6 Å². The van der Waals surface area contributed by atoms with Gasteiger partial charge in [-0.05, 0) is 43.7 Å². The highest BCUT2D eigenvalue weighted by molar-refractivity contribution is 7.14. The van der Waals surface area contributed by atoms with Gasteiger partial charge in [-0.15, -0.1) is 11.3 Å². The van der Waals surface area contributed by atoms with Gasteiger partial charge in [0.25, 0.3) is 11.8 Å². The summed E-state index contributed by atoms with van der Waals surface area (Å²) in [6.07, 6.45) is 0. The number of carbonyl (C=O) groups is 2. The number of carbonyl (C=O) groups excluding carboxylic acids is 2. The van der Waals surface area contributed by atoms with Gasteiger partial charge in [0.15, 0.2) is 0 Å². The lowest BCUT2D eigenvalue weighted by Gasteiger charge is -2.08. The summed E-state index contributed by atoms with van der Waals surface area (Å²) in [5, 5.41) is 5.67. The molecule has 0 spiro atoms. The van der Waals surface area contributed by atoms with Crippen molar-refractivity contribution in [2.24, 2.45) is 0 Å². The summed E-state index contributed by atoms with van der Waals surface area (Å²) in [5.41, 5.74) is 1.94. The summed E-state index contributed by atoms with van der Waals surface area (Å²) in [7, 11) is 1.55. The van der Waals surface area contributed by atoms with E-state index in [2.05, 4.69) is 10.6 Å². The maximum absolute atomic E-state index is 12.2. The van der Waals surface area contributed by atoms with Crippen molar-refractivity contribution in [1.29, 1.82) is 0 Å². The number of hydrogen-bond donors (Lipinski definition) is 2. The number of amides is 2. The van der Waals surface area contributed by atoms with Gasteiger partial charge in [-0.2, -0.15) is 0 Å². The number of hydrogen-bond acceptors (Lipinski definition) is 3. The van der Waals surface area contributed by atoms with E-state index in [1.165, 1.54) is 11.3 Å². The van der Waals surface area contributed by atoms with Gasteiger partial charge in [0.2, 0.25) is 0 Å². The highest BCUT2D eigenvalue weighted by Crippen LogP contribution is 2.26. The van der Waals surface area contributed by atoms with Gasteiger partial charge in [0.1, 0.15) is 0 Å². The van der Waals surface area contributed by atoms with Crippen LogP contribution in [0.1, 0.15) is 30.5 Å². The number of halogens is 1. The Morgan fingerprint density at radius 3 is 2.43 bits per heavy atom. The van der Waals surface area contributed by atoms with E-state index in [0.717, 1.165) is 10.4 Å². The minimum atomic E-state index is -0.232. The van der Waals surface area contributed by atoms with Gasteiger partial charge in [-0.25, -0.2) is 0 Å². The molecule has 0 unspecified atom stereocenters. The second-order valence-electron chi connectivity index (χ2n) is 4.58. The standard InChI is InChI=1S/C15H15ClN2O2S/c1-8-6-13(21-9(8)2)15(20)18-12-7-10(14(19)17-3)4-5-11(12)16/h4-7H,1-3H3,(H,17,19)(H,18,20). The van der Waals surface area contributed by atoms with Crippen LogP contribution in [-0.2, 0) is 0 Å². The predicted octanol–water partition coefficient (Wildman–Crippen LogP) is 3.63. The van der Waals surface area contributed by atoms with Crippen LogP contribution in [0.3, 0.4) is 0 Å². The largest absolute Gasteiger partial charge is 0.355 e. The number of aryl methyl sites for hydroxylation is 2. The molecule has 0 aliphatic carbocycles. The minimum absolute atomic E-state index is 0.229. The van der Waals surface area contributed by atoms with E-state index in [1.54, 1.807) is 25.2 Å². The van der Waals surface area contributed by atoms with E-state index in [4.69, 9.17) is 11.6 Å². The summed E-state index contributed by atoms with van der Waals surface area (Å²) in [4.78, 5) is 25.6. The molecule has 0 aliphatic heterocycles. The minimum Gasteiger partial charge on any atom is -0.355 e. The van der Waals surface area contributed by atoms with Crippen LogP contribution in [0.15, 0.2) is 24.3 Å². The van der Waals surface area contributed by atoms with Gasteiger partial charge in [-0.3, -0.25) is 9.59 Å². The zero-order valence-electron chi connectivity index (χ0n) is 11.9. The molecule has 2 N–H and O–H groups in total. The van der Waals surface area contributed by atoms with Crippen molar-refractivity contribution in [1.82, 2.24) is 5.32 Å². The lowest BCUT2D eigenvalue weighted by Crippen LogP contribution is -2.18. The average molecular weight is 323 g/mol. The lowest BCUT2D eigenvalue weighted by atomic mass is 10.2. The third-order valence-electron chi connectivity index (χ3n) is 3.09. The molecule has 6 heteroatoms. The molecule has 0 saturated heterocycles. The summed E-state index contributed by atoms with van der Waals surface area (Å²) in [5.74, 6) is -0.461. The molecule has 2 amide bonds. The van der Waals surface area contributed by atoms with Crippen molar-refractivity contribution < 1.29 is 9.59 Å². The molecule has 0 atom stereocenters. The molecule has 1 heterocycles. The zero-order chi connectivity index (χ0) is 15.6. The number of thiophene rings is 1.